The fourth-order valence-electron chi connectivity index (χ4n) is 4.11. The molecule has 5 rings (SSSR count). The molecule has 9 heteroatoms. The van der Waals surface area contributed by atoms with Crippen LogP contribution in [0.5, 0.6) is 5.75 Å². The first-order chi connectivity index (χ1) is 16.0. The largest absolute Gasteiger partial charge is 0.494 e. The fourth-order valence-corrected chi connectivity index (χ4v) is 4.11. The second-order valence-corrected chi connectivity index (χ2v) is 7.72. The number of nitrogens with one attached hydrogen (secondary N) is 1. The average Bonchev–Trinajstić information content (AvgIpc) is 3.15. The monoisotopic (exact) mass is 444 g/mol. The van der Waals surface area contributed by atoms with Crippen molar-refractivity contribution in [2.75, 3.05) is 11.9 Å². The molecule has 0 fully saturated rings. The fraction of sp³-hybridized carbons (Fsp3) is 0.208. The average molecular weight is 444 g/mol. The maximum atomic E-state index is 13.3. The Balaban J connectivity index is 1.58. The zero-order chi connectivity index (χ0) is 22.9. The minimum Gasteiger partial charge on any atom is -0.494 e. The van der Waals surface area contributed by atoms with Gasteiger partial charge in [0.25, 0.3) is 5.95 Å². The van der Waals surface area contributed by atoms with Crippen molar-refractivity contribution < 1.29 is 13.9 Å². The highest BCUT2D eigenvalue weighted by Crippen LogP contribution is 2.40. The van der Waals surface area contributed by atoms with Crippen molar-refractivity contribution in [2.24, 2.45) is 0 Å². The van der Waals surface area contributed by atoms with E-state index in [2.05, 4.69) is 25.6 Å². The molecule has 0 aliphatic carbocycles. The Morgan fingerprint density at radius 3 is 2.82 bits per heavy atom. The number of hydrogen-bond acceptors (Lipinski definition) is 6. The van der Waals surface area contributed by atoms with Gasteiger partial charge in [-0.05, 0) is 55.8 Å². The summed E-state index contributed by atoms with van der Waals surface area (Å²) in [5.74, 6) is 0.847. The first-order valence-electron chi connectivity index (χ1n) is 10.6. The number of carbonyl (C=O) groups excluding carboxylic acids is 1. The number of aromatic nitrogens is 5. The molecule has 0 saturated carbocycles. The Bertz CT molecular complexity index is 1340. The zero-order valence-electron chi connectivity index (χ0n) is 18.1. The molecule has 33 heavy (non-hydrogen) atoms. The van der Waals surface area contributed by atoms with E-state index in [0.29, 0.717) is 30.1 Å². The minimum atomic E-state index is -0.333. The number of hydrogen-bond donors (Lipinski definition) is 1. The van der Waals surface area contributed by atoms with E-state index in [1.807, 2.05) is 38.1 Å². The normalized spacial score (nSPS) is 15.1. The molecule has 0 unspecified atom stereocenters. The molecule has 3 heterocycles. The predicted molar refractivity (Wildman–Crippen MR) is 120 cm³/mol. The van der Waals surface area contributed by atoms with Crippen LogP contribution >= 0.6 is 0 Å². The molecule has 2 aromatic heterocycles. The van der Waals surface area contributed by atoms with E-state index >= 15 is 0 Å². The van der Waals surface area contributed by atoms with Crippen LogP contribution in [0.25, 0.3) is 17.2 Å². The van der Waals surface area contributed by atoms with Crippen molar-refractivity contribution in [3.8, 4) is 23.0 Å². The van der Waals surface area contributed by atoms with Crippen molar-refractivity contribution in [3.05, 3.63) is 77.4 Å². The SMILES string of the molecule is CCOc1cccc([C@@H]2CC(=O)Nc3c2c(C)nn3-c2nncc(-c3ccc(F)cc3)n2)c1. The lowest BCUT2D eigenvalue weighted by atomic mass is 9.86. The number of aryl methyl sites for hydroxylation is 1. The molecule has 2 aromatic carbocycles. The molecule has 8 nitrogen and oxygen atoms in total. The molecule has 1 aliphatic heterocycles. The van der Waals surface area contributed by atoms with Gasteiger partial charge in [0.15, 0.2) is 0 Å². The van der Waals surface area contributed by atoms with Gasteiger partial charge >= 0.3 is 0 Å². The number of rotatable bonds is 5. The lowest BCUT2D eigenvalue weighted by Gasteiger charge is -2.24. The number of anilines is 1. The van der Waals surface area contributed by atoms with Gasteiger partial charge in [-0.1, -0.05) is 12.1 Å². The Hall–Kier alpha value is -4.14. The Morgan fingerprint density at radius 2 is 2.03 bits per heavy atom. The van der Waals surface area contributed by atoms with E-state index in [1.165, 1.54) is 23.0 Å². The molecule has 0 spiro atoms. The Labute approximate surface area is 189 Å². The maximum absolute atomic E-state index is 13.3. The highest BCUT2D eigenvalue weighted by Gasteiger charge is 2.33. The van der Waals surface area contributed by atoms with Crippen molar-refractivity contribution in [1.82, 2.24) is 25.0 Å². The summed E-state index contributed by atoms with van der Waals surface area (Å²) >= 11 is 0. The van der Waals surface area contributed by atoms with Crippen LogP contribution in [0.15, 0.2) is 54.7 Å². The third-order valence-electron chi connectivity index (χ3n) is 5.55. The first-order valence-corrected chi connectivity index (χ1v) is 10.6. The number of amides is 1. The van der Waals surface area contributed by atoms with Crippen molar-refractivity contribution >= 4 is 11.7 Å². The van der Waals surface area contributed by atoms with E-state index in [0.717, 1.165) is 22.6 Å². The minimum absolute atomic E-state index is 0.127. The number of halogens is 1. The summed E-state index contributed by atoms with van der Waals surface area (Å²) in [6.07, 6.45) is 1.80. The second-order valence-electron chi connectivity index (χ2n) is 7.72. The third-order valence-corrected chi connectivity index (χ3v) is 5.55. The molecule has 1 atom stereocenters. The quantitative estimate of drug-likeness (QED) is 0.499. The molecule has 1 N–H and O–H groups in total. The zero-order valence-corrected chi connectivity index (χ0v) is 18.1. The Kier molecular flexibility index (Phi) is 5.29. The number of carbonyl (C=O) groups is 1. The molecule has 1 amide bonds. The lowest BCUT2D eigenvalue weighted by molar-refractivity contribution is -0.116. The smallest absolute Gasteiger partial charge is 0.272 e. The van der Waals surface area contributed by atoms with Crippen LogP contribution in [-0.4, -0.2) is 37.5 Å². The highest BCUT2D eigenvalue weighted by atomic mass is 19.1. The van der Waals surface area contributed by atoms with E-state index in [9.17, 15) is 9.18 Å². The number of benzene rings is 2. The molecular weight excluding hydrogens is 423 g/mol. The van der Waals surface area contributed by atoms with Crippen LogP contribution in [0, 0.1) is 12.7 Å². The summed E-state index contributed by atoms with van der Waals surface area (Å²) in [5, 5.41) is 15.7. The van der Waals surface area contributed by atoms with E-state index in [1.54, 1.807) is 12.1 Å². The van der Waals surface area contributed by atoms with Crippen LogP contribution in [0.1, 0.15) is 36.1 Å². The van der Waals surface area contributed by atoms with Gasteiger partial charge in [0, 0.05) is 23.5 Å². The standard InChI is InChI=1S/C24H21FN6O2/c1-3-33-18-6-4-5-16(11-18)19-12-21(32)28-23-22(19)14(2)30-31(23)24-27-20(13-26-29-24)15-7-9-17(25)10-8-15/h4-11,13,19H,3,12H2,1-2H3,(H,28,32)/t19-/m0/s1. The second kappa shape index (κ2) is 8.42. The Morgan fingerprint density at radius 1 is 1.21 bits per heavy atom. The summed E-state index contributed by atoms with van der Waals surface area (Å²) in [7, 11) is 0. The topological polar surface area (TPSA) is 94.8 Å². The number of ether oxygens (including phenoxy) is 1. The van der Waals surface area contributed by atoms with E-state index < -0.39 is 0 Å². The van der Waals surface area contributed by atoms with E-state index in [-0.39, 0.29) is 23.6 Å². The third kappa shape index (κ3) is 3.93. The van der Waals surface area contributed by atoms with Crippen LogP contribution in [-0.2, 0) is 4.79 Å². The van der Waals surface area contributed by atoms with Crippen LogP contribution in [0.4, 0.5) is 10.2 Å². The molecule has 1 aliphatic rings. The van der Waals surface area contributed by atoms with Crippen LogP contribution < -0.4 is 10.1 Å². The summed E-state index contributed by atoms with van der Waals surface area (Å²) in [5.41, 5.74) is 3.84. The van der Waals surface area contributed by atoms with Crippen molar-refractivity contribution in [2.45, 2.75) is 26.2 Å². The summed E-state index contributed by atoms with van der Waals surface area (Å²) in [6, 6.07) is 13.7. The summed E-state index contributed by atoms with van der Waals surface area (Å²) in [4.78, 5) is 17.2. The van der Waals surface area contributed by atoms with Gasteiger partial charge in [0.05, 0.1) is 24.2 Å². The van der Waals surface area contributed by atoms with Gasteiger partial charge in [0.2, 0.25) is 5.91 Å². The van der Waals surface area contributed by atoms with Crippen molar-refractivity contribution in [1.29, 1.82) is 0 Å². The predicted octanol–water partition coefficient (Wildman–Crippen LogP) is 4.04. The van der Waals surface area contributed by atoms with Gasteiger partial charge in [0.1, 0.15) is 17.4 Å². The van der Waals surface area contributed by atoms with Gasteiger partial charge in [-0.15, -0.1) is 5.10 Å². The molecule has 0 saturated heterocycles. The first kappa shape index (κ1) is 20.7. The maximum Gasteiger partial charge on any atom is 0.272 e. The van der Waals surface area contributed by atoms with Crippen molar-refractivity contribution in [3.63, 3.8) is 0 Å². The molecule has 0 radical (unpaired) electrons. The van der Waals surface area contributed by atoms with Crippen LogP contribution in [0.2, 0.25) is 0 Å². The highest BCUT2D eigenvalue weighted by molar-refractivity contribution is 5.95. The molecular formula is C24H21FN6O2. The summed E-state index contributed by atoms with van der Waals surface area (Å²) in [6.45, 7) is 4.39. The molecule has 0 bridgehead atoms. The van der Waals surface area contributed by atoms with Gasteiger partial charge in [-0.3, -0.25) is 4.79 Å². The van der Waals surface area contributed by atoms with Gasteiger partial charge in [-0.25, -0.2) is 9.37 Å². The number of fused-ring (bicyclic) bond motifs is 1. The van der Waals surface area contributed by atoms with Crippen LogP contribution in [0.3, 0.4) is 0 Å². The van der Waals surface area contributed by atoms with Gasteiger partial charge in [-0.2, -0.15) is 14.9 Å². The summed E-state index contributed by atoms with van der Waals surface area (Å²) < 4.78 is 20.5. The van der Waals surface area contributed by atoms with Gasteiger partial charge < -0.3 is 10.1 Å². The lowest BCUT2D eigenvalue weighted by Crippen LogP contribution is -2.25. The molecule has 4 aromatic rings. The van der Waals surface area contributed by atoms with E-state index in [4.69, 9.17) is 4.74 Å². The molecule has 166 valence electrons. The number of nitrogens with zero attached hydrogens (tertiary/aromatic N) is 5.